The van der Waals surface area contributed by atoms with E-state index in [0.717, 1.165) is 0 Å². The molecule has 0 aliphatic heterocycles. The van der Waals surface area contributed by atoms with E-state index in [0.29, 0.717) is 0 Å². The van der Waals surface area contributed by atoms with Crippen LogP contribution in [0.15, 0.2) is 91.0 Å². The monoisotopic (exact) mass is 338 g/mol. The van der Waals surface area contributed by atoms with Gasteiger partial charge in [-0.1, -0.05) is 91.0 Å². The first-order chi connectivity index (χ1) is 11.5. The third-order valence-electron chi connectivity index (χ3n) is 3.69. The summed E-state index contributed by atoms with van der Waals surface area (Å²) in [6.45, 7) is 0. The van der Waals surface area contributed by atoms with Gasteiger partial charge in [0.05, 0.1) is 5.16 Å². The van der Waals surface area contributed by atoms with Crippen LogP contribution in [0.3, 0.4) is 0 Å². The van der Waals surface area contributed by atoms with E-state index in [1.54, 1.807) is 0 Å². The first-order valence-electron chi connectivity index (χ1n) is 7.42. The lowest BCUT2D eigenvalue weighted by molar-refractivity contribution is 0.137. The van der Waals surface area contributed by atoms with Crippen molar-refractivity contribution in [2.75, 3.05) is 0 Å². The molecule has 122 valence electrons. The van der Waals surface area contributed by atoms with Gasteiger partial charge in [0, 0.05) is 0 Å². The molecule has 0 radical (unpaired) electrons. The lowest BCUT2D eigenvalue weighted by Gasteiger charge is -2.31. The Morgan fingerprint density at radius 3 is 1.04 bits per heavy atom. The Morgan fingerprint density at radius 1 is 0.625 bits per heavy atom. The van der Waals surface area contributed by atoms with E-state index in [-0.39, 0.29) is 5.16 Å². The van der Waals surface area contributed by atoms with Crippen LogP contribution < -0.4 is 0 Å². The van der Waals surface area contributed by atoms with Gasteiger partial charge >= 0.3 is 6.16 Å². The van der Waals surface area contributed by atoms with Gasteiger partial charge in [-0.3, -0.25) is 0 Å². The summed E-state index contributed by atoms with van der Waals surface area (Å²) in [6, 6.07) is 31.9. The molecule has 2 N–H and O–H groups in total. The van der Waals surface area contributed by atoms with Crippen molar-refractivity contribution in [2.45, 2.75) is 5.16 Å². The number of hydrogen-bond acceptors (Lipinski definition) is 1. The Bertz CT molecular complexity index is 658. The van der Waals surface area contributed by atoms with Crippen molar-refractivity contribution in [2.24, 2.45) is 0 Å². The highest BCUT2D eigenvalue weighted by Crippen LogP contribution is 2.44. The lowest BCUT2D eigenvalue weighted by atomic mass is 9.84. The molecule has 3 nitrogen and oxygen atoms in total. The zero-order valence-electron chi connectivity index (χ0n) is 13.0. The molecule has 0 fully saturated rings. The molecular formula is C20H19O3P. The molecule has 3 aromatic rings. The zero-order valence-corrected chi connectivity index (χ0v) is 14.2. The number of carboxylic acid groups (broad SMARTS) is 2. The van der Waals surface area contributed by atoms with E-state index in [4.69, 9.17) is 15.0 Å². The standard InChI is InChI=1S/C19H17P.CH2O3/c20-19(16-10-4-1-5-11-16,17-12-6-2-7-13-17)18-14-8-3-9-15-18;2-1(3)4/h1-15H,20H2;(H2,2,3,4). The molecule has 0 aliphatic carbocycles. The van der Waals surface area contributed by atoms with Crippen LogP contribution in [-0.2, 0) is 5.16 Å². The van der Waals surface area contributed by atoms with Crippen LogP contribution in [0.5, 0.6) is 0 Å². The fourth-order valence-corrected chi connectivity index (χ4v) is 3.18. The van der Waals surface area contributed by atoms with E-state index < -0.39 is 6.16 Å². The van der Waals surface area contributed by atoms with Gasteiger partial charge < -0.3 is 10.2 Å². The Morgan fingerprint density at radius 2 is 0.833 bits per heavy atom. The van der Waals surface area contributed by atoms with Crippen molar-refractivity contribution in [3.05, 3.63) is 108 Å². The molecule has 0 aliphatic rings. The van der Waals surface area contributed by atoms with E-state index >= 15 is 0 Å². The molecule has 0 heterocycles. The molecule has 0 amide bonds. The highest BCUT2D eigenvalue weighted by atomic mass is 31.0. The minimum absolute atomic E-state index is 0.205. The minimum atomic E-state index is -1.83. The van der Waals surface area contributed by atoms with Crippen molar-refractivity contribution < 1.29 is 15.0 Å². The highest BCUT2D eigenvalue weighted by molar-refractivity contribution is 7.19. The summed E-state index contributed by atoms with van der Waals surface area (Å²) in [5.74, 6) is 0. The van der Waals surface area contributed by atoms with Crippen LogP contribution in [-0.4, -0.2) is 16.4 Å². The minimum Gasteiger partial charge on any atom is -0.450 e. The first kappa shape index (κ1) is 17.7. The number of hydrogen-bond donors (Lipinski definition) is 2. The predicted octanol–water partition coefficient (Wildman–Crippen LogP) is 5.08. The van der Waals surface area contributed by atoms with E-state index in [9.17, 15) is 0 Å². The fraction of sp³-hybridized carbons (Fsp3) is 0.0500. The lowest BCUT2D eigenvalue weighted by Crippen LogP contribution is -2.21. The number of carbonyl (C=O) groups is 1. The van der Waals surface area contributed by atoms with Gasteiger partial charge in [-0.15, -0.1) is 9.24 Å². The molecule has 1 atom stereocenters. The Kier molecular flexibility index (Phi) is 6.11. The third-order valence-corrected chi connectivity index (χ3v) is 4.69. The summed E-state index contributed by atoms with van der Waals surface area (Å²) in [4.78, 5) is 8.56. The summed E-state index contributed by atoms with van der Waals surface area (Å²) in [7, 11) is 3.06. The van der Waals surface area contributed by atoms with Gasteiger partial charge in [0.25, 0.3) is 0 Å². The summed E-state index contributed by atoms with van der Waals surface area (Å²) >= 11 is 0. The van der Waals surface area contributed by atoms with Crippen LogP contribution in [0.4, 0.5) is 4.79 Å². The number of benzene rings is 3. The second kappa shape index (κ2) is 8.28. The molecule has 0 saturated carbocycles. The average Bonchev–Trinajstić information content (AvgIpc) is 2.63. The average molecular weight is 338 g/mol. The molecule has 0 aromatic heterocycles. The Hall–Kier alpha value is -2.64. The quantitative estimate of drug-likeness (QED) is 0.517. The van der Waals surface area contributed by atoms with Gasteiger partial charge in [0.2, 0.25) is 0 Å². The van der Waals surface area contributed by atoms with E-state index in [2.05, 4.69) is 100 Å². The molecule has 0 bridgehead atoms. The second-order valence-electron chi connectivity index (χ2n) is 5.19. The summed E-state index contributed by atoms with van der Waals surface area (Å²) in [6.07, 6.45) is -1.83. The van der Waals surface area contributed by atoms with Gasteiger partial charge in [0.1, 0.15) is 0 Å². The Balaban J connectivity index is 0.000000471. The summed E-state index contributed by atoms with van der Waals surface area (Å²) in [5, 5.41) is 13.7. The molecule has 0 spiro atoms. The van der Waals surface area contributed by atoms with Crippen LogP contribution in [0, 0.1) is 0 Å². The van der Waals surface area contributed by atoms with Gasteiger partial charge in [-0.2, -0.15) is 0 Å². The van der Waals surface area contributed by atoms with Gasteiger partial charge in [-0.05, 0) is 16.7 Å². The largest absolute Gasteiger partial charge is 0.503 e. The predicted molar refractivity (Wildman–Crippen MR) is 99.6 cm³/mol. The molecule has 0 saturated heterocycles. The van der Waals surface area contributed by atoms with E-state index in [1.807, 2.05) is 0 Å². The maximum Gasteiger partial charge on any atom is 0.503 e. The van der Waals surface area contributed by atoms with Crippen molar-refractivity contribution >= 4 is 15.4 Å². The van der Waals surface area contributed by atoms with Crippen LogP contribution in [0.1, 0.15) is 16.7 Å². The Labute approximate surface area is 143 Å². The maximum absolute atomic E-state index is 8.56. The molecule has 3 rings (SSSR count). The first-order valence-corrected chi connectivity index (χ1v) is 8.00. The third kappa shape index (κ3) is 4.21. The molecule has 4 heteroatoms. The van der Waals surface area contributed by atoms with Gasteiger partial charge in [-0.25, -0.2) is 4.79 Å². The van der Waals surface area contributed by atoms with Crippen molar-refractivity contribution in [3.63, 3.8) is 0 Å². The summed E-state index contributed by atoms with van der Waals surface area (Å²) in [5.41, 5.74) is 3.84. The maximum atomic E-state index is 8.56. The smallest absolute Gasteiger partial charge is 0.450 e. The summed E-state index contributed by atoms with van der Waals surface area (Å²) < 4.78 is 0. The topological polar surface area (TPSA) is 57.5 Å². The number of rotatable bonds is 3. The SMILES string of the molecule is O=C(O)O.PC(c1ccccc1)(c1ccccc1)c1ccccc1. The molecular weight excluding hydrogens is 319 g/mol. The molecule has 1 unspecified atom stereocenters. The highest BCUT2D eigenvalue weighted by Gasteiger charge is 2.30. The zero-order chi connectivity index (χ0) is 17.4. The van der Waals surface area contributed by atoms with Crippen molar-refractivity contribution in [1.82, 2.24) is 0 Å². The van der Waals surface area contributed by atoms with Crippen LogP contribution >= 0.6 is 9.24 Å². The molecule has 24 heavy (non-hydrogen) atoms. The van der Waals surface area contributed by atoms with Crippen molar-refractivity contribution in [3.8, 4) is 0 Å². The molecule has 3 aromatic carbocycles. The van der Waals surface area contributed by atoms with Crippen molar-refractivity contribution in [1.29, 1.82) is 0 Å². The van der Waals surface area contributed by atoms with Crippen LogP contribution in [0.2, 0.25) is 0 Å². The van der Waals surface area contributed by atoms with Gasteiger partial charge in [0.15, 0.2) is 0 Å². The normalized spacial score (nSPS) is 10.4. The second-order valence-corrected chi connectivity index (χ2v) is 6.05. The van der Waals surface area contributed by atoms with Crippen LogP contribution in [0.25, 0.3) is 0 Å². The fourth-order valence-electron chi connectivity index (χ4n) is 2.60. The van der Waals surface area contributed by atoms with E-state index in [1.165, 1.54) is 16.7 Å².